The van der Waals surface area contributed by atoms with Crippen molar-refractivity contribution in [1.82, 2.24) is 4.98 Å². The van der Waals surface area contributed by atoms with Crippen molar-refractivity contribution in [2.45, 2.75) is 26.7 Å². The molecule has 0 aliphatic heterocycles. The number of benzene rings is 2. The molecule has 1 heterocycles. The number of carbonyl (C=O) groups is 1. The molecule has 0 bridgehead atoms. The van der Waals surface area contributed by atoms with Crippen molar-refractivity contribution < 1.29 is 9.53 Å². The molecule has 0 saturated heterocycles. The normalized spacial score (nSPS) is 12.8. The van der Waals surface area contributed by atoms with Crippen molar-refractivity contribution in [2.75, 3.05) is 6.61 Å². The Labute approximate surface area is 135 Å². The molecule has 0 radical (unpaired) electrons. The van der Waals surface area contributed by atoms with Gasteiger partial charge in [0.15, 0.2) is 0 Å². The van der Waals surface area contributed by atoms with Crippen molar-refractivity contribution in [3.63, 3.8) is 0 Å². The number of hydrogen-bond acceptors (Lipinski definition) is 2. The quantitative estimate of drug-likeness (QED) is 0.712. The lowest BCUT2D eigenvalue weighted by Crippen LogP contribution is -2.06. The molecule has 3 aromatic rings. The zero-order valence-electron chi connectivity index (χ0n) is 13.4. The molecule has 23 heavy (non-hydrogen) atoms. The molecule has 2 aromatic carbocycles. The highest BCUT2D eigenvalue weighted by Crippen LogP contribution is 2.38. The topological polar surface area (TPSA) is 42.1 Å². The number of hydrogen-bond donors (Lipinski definition) is 1. The van der Waals surface area contributed by atoms with Gasteiger partial charge < -0.3 is 9.72 Å². The van der Waals surface area contributed by atoms with E-state index in [-0.39, 0.29) is 5.97 Å². The van der Waals surface area contributed by atoms with Gasteiger partial charge in [0.1, 0.15) is 0 Å². The van der Waals surface area contributed by atoms with Gasteiger partial charge in [-0.15, -0.1) is 0 Å². The van der Waals surface area contributed by atoms with E-state index in [1.165, 1.54) is 27.8 Å². The lowest BCUT2D eigenvalue weighted by Gasteiger charge is -2.16. The number of ether oxygens (including phenoxy) is 1. The molecular formula is C20H19NO2. The summed E-state index contributed by atoms with van der Waals surface area (Å²) in [5.41, 5.74) is 7.89. The molecule has 116 valence electrons. The summed E-state index contributed by atoms with van der Waals surface area (Å²) >= 11 is 0. The number of carbonyl (C=O) groups excluding carboxylic acids is 1. The highest BCUT2D eigenvalue weighted by molar-refractivity contribution is 6.01. The fraction of sp³-hybridized carbons (Fsp3) is 0.250. The van der Waals surface area contributed by atoms with Gasteiger partial charge in [0.2, 0.25) is 0 Å². The summed E-state index contributed by atoms with van der Waals surface area (Å²) in [4.78, 5) is 15.7. The number of aromatic amines is 1. The van der Waals surface area contributed by atoms with Crippen LogP contribution in [0.15, 0.2) is 36.4 Å². The minimum absolute atomic E-state index is 0.250. The first kappa shape index (κ1) is 14.1. The summed E-state index contributed by atoms with van der Waals surface area (Å²) in [7, 11) is 0. The number of aromatic nitrogens is 1. The Morgan fingerprint density at radius 2 is 2.00 bits per heavy atom. The molecule has 3 nitrogen and oxygen atoms in total. The SMILES string of the molecule is CCOC(=O)c1ccc2c3c([nH]c2c1C)-c1ccccc1CC3. The first-order valence-electron chi connectivity index (χ1n) is 8.10. The third-order valence-electron chi connectivity index (χ3n) is 4.77. The average Bonchev–Trinajstić information content (AvgIpc) is 2.95. The number of nitrogens with one attached hydrogen (secondary N) is 1. The summed E-state index contributed by atoms with van der Waals surface area (Å²) in [6, 6.07) is 12.5. The standard InChI is InChI=1S/C20H19NO2/c1-3-23-20(22)14-10-11-16-17-9-8-13-6-4-5-7-15(13)19(17)21-18(16)12(14)2/h4-7,10-11,21H,3,8-9H2,1-2H3. The van der Waals surface area contributed by atoms with Crippen LogP contribution in [-0.4, -0.2) is 17.6 Å². The number of H-pyrrole nitrogens is 1. The third-order valence-corrected chi connectivity index (χ3v) is 4.77. The van der Waals surface area contributed by atoms with Gasteiger partial charge >= 0.3 is 5.97 Å². The van der Waals surface area contributed by atoms with Crippen molar-refractivity contribution >= 4 is 16.9 Å². The van der Waals surface area contributed by atoms with Crippen LogP contribution >= 0.6 is 0 Å². The second-order valence-corrected chi connectivity index (χ2v) is 6.02. The van der Waals surface area contributed by atoms with E-state index in [1.807, 2.05) is 19.9 Å². The molecule has 1 aliphatic rings. The van der Waals surface area contributed by atoms with Gasteiger partial charge in [0, 0.05) is 22.2 Å². The van der Waals surface area contributed by atoms with Crippen LogP contribution in [0.3, 0.4) is 0 Å². The highest BCUT2D eigenvalue weighted by Gasteiger charge is 2.22. The lowest BCUT2D eigenvalue weighted by atomic mass is 9.89. The first-order chi connectivity index (χ1) is 11.2. The Morgan fingerprint density at radius 3 is 2.83 bits per heavy atom. The van der Waals surface area contributed by atoms with Gasteiger partial charge in [-0.2, -0.15) is 0 Å². The summed E-state index contributed by atoms with van der Waals surface area (Å²) in [6.45, 7) is 4.21. The molecule has 0 fully saturated rings. The van der Waals surface area contributed by atoms with Crippen molar-refractivity contribution in [3.8, 4) is 11.3 Å². The maximum atomic E-state index is 12.1. The maximum Gasteiger partial charge on any atom is 0.338 e. The van der Waals surface area contributed by atoms with E-state index in [4.69, 9.17) is 4.74 Å². The van der Waals surface area contributed by atoms with E-state index >= 15 is 0 Å². The van der Waals surface area contributed by atoms with Crippen molar-refractivity contribution in [3.05, 3.63) is 58.7 Å². The number of rotatable bonds is 2. The predicted octanol–water partition coefficient (Wildman–Crippen LogP) is 4.42. The lowest BCUT2D eigenvalue weighted by molar-refractivity contribution is 0.0525. The molecule has 1 aromatic heterocycles. The van der Waals surface area contributed by atoms with Crippen LogP contribution in [0.1, 0.15) is 34.0 Å². The molecule has 1 N–H and O–H groups in total. The Bertz CT molecular complexity index is 921. The number of esters is 1. The van der Waals surface area contributed by atoms with Crippen molar-refractivity contribution in [2.24, 2.45) is 0 Å². The Kier molecular flexibility index (Phi) is 3.22. The van der Waals surface area contributed by atoms with E-state index < -0.39 is 0 Å². The third kappa shape index (κ3) is 2.07. The van der Waals surface area contributed by atoms with E-state index in [0.29, 0.717) is 12.2 Å². The van der Waals surface area contributed by atoms with Gasteiger partial charge in [-0.25, -0.2) is 4.79 Å². The smallest absolute Gasteiger partial charge is 0.338 e. The largest absolute Gasteiger partial charge is 0.462 e. The molecular weight excluding hydrogens is 286 g/mol. The minimum Gasteiger partial charge on any atom is -0.462 e. The zero-order chi connectivity index (χ0) is 16.0. The molecule has 1 aliphatic carbocycles. The summed E-state index contributed by atoms with van der Waals surface area (Å²) in [6.07, 6.45) is 2.10. The van der Waals surface area contributed by atoms with E-state index in [0.717, 1.165) is 23.9 Å². The molecule has 3 heteroatoms. The molecule has 0 unspecified atom stereocenters. The van der Waals surface area contributed by atoms with Crippen molar-refractivity contribution in [1.29, 1.82) is 0 Å². The van der Waals surface area contributed by atoms with Gasteiger partial charge in [-0.05, 0) is 49.4 Å². The summed E-state index contributed by atoms with van der Waals surface area (Å²) < 4.78 is 5.16. The average molecular weight is 305 g/mol. The Balaban J connectivity index is 1.93. The van der Waals surface area contributed by atoms with Crippen LogP contribution in [0, 0.1) is 6.92 Å². The molecule has 0 atom stereocenters. The summed E-state index contributed by atoms with van der Waals surface area (Å²) in [5.74, 6) is -0.250. The highest BCUT2D eigenvalue weighted by atomic mass is 16.5. The maximum absolute atomic E-state index is 12.1. The molecule has 0 spiro atoms. The van der Waals surface area contributed by atoms with Crippen LogP contribution < -0.4 is 0 Å². The molecule has 4 rings (SSSR count). The first-order valence-corrected chi connectivity index (χ1v) is 8.10. The zero-order valence-corrected chi connectivity index (χ0v) is 13.4. The monoisotopic (exact) mass is 305 g/mol. The molecule has 0 saturated carbocycles. The van der Waals surface area contributed by atoms with E-state index in [9.17, 15) is 4.79 Å². The Hall–Kier alpha value is -2.55. The number of fused-ring (bicyclic) bond motifs is 5. The van der Waals surface area contributed by atoms with Crippen LogP contribution in [0.25, 0.3) is 22.2 Å². The van der Waals surface area contributed by atoms with Gasteiger partial charge in [-0.1, -0.05) is 30.3 Å². The van der Waals surface area contributed by atoms with Crippen LogP contribution in [-0.2, 0) is 17.6 Å². The Morgan fingerprint density at radius 1 is 1.17 bits per heavy atom. The number of aryl methyl sites for hydroxylation is 3. The van der Waals surface area contributed by atoms with Gasteiger partial charge in [-0.3, -0.25) is 0 Å². The van der Waals surface area contributed by atoms with Crippen LogP contribution in [0.5, 0.6) is 0 Å². The van der Waals surface area contributed by atoms with Gasteiger partial charge in [0.05, 0.1) is 12.2 Å². The molecule has 0 amide bonds. The second kappa shape index (κ2) is 5.27. The van der Waals surface area contributed by atoms with Crippen LogP contribution in [0.2, 0.25) is 0 Å². The summed E-state index contributed by atoms with van der Waals surface area (Å²) in [5, 5.41) is 1.22. The second-order valence-electron chi connectivity index (χ2n) is 6.02. The van der Waals surface area contributed by atoms with E-state index in [1.54, 1.807) is 0 Å². The fourth-order valence-corrected chi connectivity index (χ4v) is 3.62. The minimum atomic E-state index is -0.250. The predicted molar refractivity (Wildman–Crippen MR) is 91.8 cm³/mol. The fourth-order valence-electron chi connectivity index (χ4n) is 3.62. The van der Waals surface area contributed by atoms with Gasteiger partial charge in [0.25, 0.3) is 0 Å². The van der Waals surface area contributed by atoms with Crippen LogP contribution in [0.4, 0.5) is 0 Å². The van der Waals surface area contributed by atoms with E-state index in [2.05, 4.69) is 35.3 Å².